The number of piperidine rings is 1. The number of rotatable bonds is 10. The Kier molecular flexibility index (Phi) is 14.1. The van der Waals surface area contributed by atoms with Gasteiger partial charge in [0.1, 0.15) is 24.2 Å². The van der Waals surface area contributed by atoms with E-state index in [1.165, 1.54) is 0 Å². The van der Waals surface area contributed by atoms with E-state index in [2.05, 4.69) is 26.5 Å². The van der Waals surface area contributed by atoms with Crippen molar-refractivity contribution in [2.24, 2.45) is 5.92 Å². The fraction of sp³-hybridized carbons (Fsp3) is 0.473. The minimum atomic E-state index is -1.93. The van der Waals surface area contributed by atoms with Gasteiger partial charge in [-0.2, -0.15) is 5.26 Å². The molecule has 2 aromatic carbocycles. The summed E-state index contributed by atoms with van der Waals surface area (Å²) in [5.41, 5.74) is 2.85. The Morgan fingerprint density at radius 1 is 0.960 bits per heavy atom. The van der Waals surface area contributed by atoms with Crippen LogP contribution >= 0.6 is 11.6 Å². The van der Waals surface area contributed by atoms with Crippen molar-refractivity contribution in [2.45, 2.75) is 122 Å². The predicted molar refractivity (Wildman–Crippen MR) is 277 cm³/mol. The lowest BCUT2D eigenvalue weighted by atomic mass is 9.86. The van der Waals surface area contributed by atoms with Crippen LogP contribution in [0.1, 0.15) is 110 Å². The molecular weight excluding hydrogens is 980 g/mol. The number of esters is 1. The zero-order chi connectivity index (χ0) is 53.0. The van der Waals surface area contributed by atoms with Crippen LogP contribution in [0.3, 0.4) is 0 Å². The van der Waals surface area contributed by atoms with Crippen LogP contribution in [0.25, 0.3) is 22.3 Å². The summed E-state index contributed by atoms with van der Waals surface area (Å²) >= 11 is 6.34. The van der Waals surface area contributed by atoms with Gasteiger partial charge in [0.05, 0.1) is 45.7 Å². The Balaban J connectivity index is 0.728. The smallest absolute Gasteiger partial charge is 0.415 e. The highest BCUT2D eigenvalue weighted by Crippen LogP contribution is 2.41. The third-order valence-electron chi connectivity index (χ3n) is 15.7. The average molecular weight is 1040 g/mol. The number of fused-ring (bicyclic) bond motifs is 5. The van der Waals surface area contributed by atoms with Crippen molar-refractivity contribution in [1.29, 1.82) is 5.26 Å². The maximum atomic E-state index is 14.1. The number of cyclic esters (lactones) is 1. The van der Waals surface area contributed by atoms with Gasteiger partial charge in [-0.25, -0.2) is 14.6 Å². The molecular formula is C55H61ClN10O9. The number of anilines is 1. The van der Waals surface area contributed by atoms with Crippen LogP contribution < -0.4 is 25.2 Å². The monoisotopic (exact) mass is 1040 g/mol. The predicted octanol–water partition coefficient (Wildman–Crippen LogP) is 6.22. The molecule has 1 aliphatic carbocycles. The Labute approximate surface area is 439 Å². The number of nitrogens with zero attached hydrogens (tertiary/aromatic N) is 9. The second kappa shape index (κ2) is 20.5. The van der Waals surface area contributed by atoms with E-state index in [1.807, 2.05) is 50.7 Å². The normalized spacial score (nSPS) is 22.5. The fourth-order valence-electron chi connectivity index (χ4n) is 11.4. The number of piperazine rings is 1. The number of halogens is 1. The second-order valence-electron chi connectivity index (χ2n) is 20.9. The minimum Gasteiger partial charge on any atom is -0.490 e. The first-order chi connectivity index (χ1) is 36.0. The maximum Gasteiger partial charge on any atom is 0.415 e. The number of hydrogen-bond donors (Lipinski definition) is 2. The van der Waals surface area contributed by atoms with E-state index in [0.717, 1.165) is 47.8 Å². The van der Waals surface area contributed by atoms with Crippen molar-refractivity contribution < 1.29 is 38.5 Å². The number of ether oxygens (including phenoxy) is 3. The molecule has 3 atom stereocenters. The lowest BCUT2D eigenvalue weighted by molar-refractivity contribution is -0.172. The van der Waals surface area contributed by atoms with Crippen LogP contribution in [-0.2, 0) is 39.6 Å². The molecule has 10 rings (SSSR count). The van der Waals surface area contributed by atoms with E-state index >= 15 is 0 Å². The van der Waals surface area contributed by atoms with Gasteiger partial charge in [0.2, 0.25) is 5.91 Å². The third kappa shape index (κ3) is 9.63. The van der Waals surface area contributed by atoms with Crippen LogP contribution in [0, 0.1) is 24.2 Å². The highest BCUT2D eigenvalue weighted by Gasteiger charge is 2.46. The Morgan fingerprint density at radius 3 is 2.37 bits per heavy atom. The molecule has 19 nitrogen and oxygen atoms in total. The molecule has 4 aliphatic heterocycles. The zero-order valence-electron chi connectivity index (χ0n) is 43.0. The Morgan fingerprint density at radius 2 is 1.68 bits per heavy atom. The molecule has 0 spiro atoms. The van der Waals surface area contributed by atoms with Crippen LogP contribution in [0.5, 0.6) is 11.5 Å². The van der Waals surface area contributed by atoms with Crippen LogP contribution in [0.4, 0.5) is 10.6 Å². The quantitative estimate of drug-likeness (QED) is 0.145. The van der Waals surface area contributed by atoms with E-state index in [0.29, 0.717) is 83.8 Å². The minimum absolute atomic E-state index is 0.0219. The van der Waals surface area contributed by atoms with Crippen LogP contribution in [0.2, 0.25) is 5.02 Å². The van der Waals surface area contributed by atoms with Crippen LogP contribution in [0.15, 0.2) is 53.3 Å². The number of amides is 3. The Hall–Kier alpha value is -7.14. The highest BCUT2D eigenvalue weighted by atomic mass is 35.5. The van der Waals surface area contributed by atoms with Gasteiger partial charge >= 0.3 is 12.1 Å². The number of carbonyl (C=O) groups is 4. The summed E-state index contributed by atoms with van der Waals surface area (Å²) in [5.74, 6) is 0.488. The molecule has 3 aromatic heterocycles. The molecule has 2 N–H and O–H groups in total. The number of hydrogen-bond acceptors (Lipinski definition) is 15. The van der Waals surface area contributed by atoms with Gasteiger partial charge in [-0.05, 0) is 128 Å². The van der Waals surface area contributed by atoms with Crippen LogP contribution in [-0.4, -0.2) is 128 Å². The van der Waals surface area contributed by atoms with Gasteiger partial charge in [0, 0.05) is 84.4 Å². The van der Waals surface area contributed by atoms with E-state index in [1.54, 1.807) is 58.9 Å². The number of benzene rings is 2. The van der Waals surface area contributed by atoms with E-state index in [4.69, 9.17) is 30.8 Å². The second-order valence-corrected chi connectivity index (χ2v) is 21.3. The summed E-state index contributed by atoms with van der Waals surface area (Å²) in [5, 5.41) is 33.5. The van der Waals surface area contributed by atoms with Gasteiger partial charge in [-0.15, -0.1) is 10.2 Å². The standard InChI is InChI=1S/C55H61ClN10O9/c1-7-55(72)41-23-44-49-35(27-66(44)52(69)40(41)29-73-53(55)70)22-38-39(28-62(5)6)46(16-13-42(38)59-49)75-54(71)65-26-30(2)64(25-31(65)3)51(68)33-18-20-63(21-19-33)47-17-14-43(60-61-47)50(67)58-36-9-11-37(12-10-36)74-45-15-8-34(24-57)48(56)32(45)4/h8,13-17,22-23,30-31,33,36-37,72H,7,9-12,18-21,25-29H2,1-6H3,(H,58,67)/t30-,31+,36-,37-,55-/m0/s1. The molecule has 0 bridgehead atoms. The van der Waals surface area contributed by atoms with Gasteiger partial charge in [0.25, 0.3) is 11.5 Å². The zero-order valence-corrected chi connectivity index (χ0v) is 43.8. The summed E-state index contributed by atoms with van der Waals surface area (Å²) < 4.78 is 19.3. The Bertz CT molecular complexity index is 3220. The molecule has 392 valence electrons. The number of nitriles is 1. The summed E-state index contributed by atoms with van der Waals surface area (Å²) in [4.78, 5) is 80.6. The SMILES string of the molecule is CC[C@@]1(O)C(=O)OCc2c1cc1n(c2=O)Cc2cc3c(CN(C)C)c(OC(=O)N4C[C@H](C)N(C(=O)C5CCN(c6ccc(C(=O)N[C@H]7CC[C@H](Oc8ccc(C#N)c(Cl)c8C)CC7)nn6)CC5)C[C@H]4C)ccc3nc2-1. The molecule has 20 heteroatoms. The maximum absolute atomic E-state index is 14.1. The lowest BCUT2D eigenvalue weighted by Gasteiger charge is -2.45. The topological polar surface area (TPSA) is 226 Å². The molecule has 0 unspecified atom stereocenters. The van der Waals surface area contributed by atoms with Gasteiger partial charge in [0.15, 0.2) is 17.1 Å². The first-order valence-corrected chi connectivity index (χ1v) is 26.2. The van der Waals surface area contributed by atoms with Crippen molar-refractivity contribution in [2.75, 3.05) is 45.2 Å². The van der Waals surface area contributed by atoms with E-state index in [9.17, 15) is 34.3 Å². The van der Waals surface area contributed by atoms with E-state index < -0.39 is 17.7 Å². The largest absolute Gasteiger partial charge is 0.490 e. The molecule has 5 aromatic rings. The number of pyridine rings is 2. The molecule has 5 aliphatic rings. The van der Waals surface area contributed by atoms with Crippen molar-refractivity contribution in [3.05, 3.63) is 103 Å². The number of carbonyl (C=O) groups excluding carboxylic acids is 4. The summed E-state index contributed by atoms with van der Waals surface area (Å²) in [6.45, 7) is 9.66. The number of nitrogens with one attached hydrogen (secondary N) is 1. The molecule has 1 saturated carbocycles. The molecule has 0 radical (unpaired) electrons. The first-order valence-electron chi connectivity index (χ1n) is 25.8. The average Bonchev–Trinajstić information content (AvgIpc) is 3.77. The molecule has 75 heavy (non-hydrogen) atoms. The van der Waals surface area contributed by atoms with Gasteiger partial charge in [-0.3, -0.25) is 14.4 Å². The summed E-state index contributed by atoms with van der Waals surface area (Å²) in [7, 11) is 3.84. The van der Waals surface area contributed by atoms with Gasteiger partial charge in [-0.1, -0.05) is 18.5 Å². The molecule has 3 fully saturated rings. The third-order valence-corrected chi connectivity index (χ3v) is 16.2. The van der Waals surface area contributed by atoms with Crippen molar-refractivity contribution in [3.63, 3.8) is 0 Å². The lowest BCUT2D eigenvalue weighted by Crippen LogP contribution is -2.61. The van der Waals surface area contributed by atoms with Crippen molar-refractivity contribution >= 4 is 52.2 Å². The van der Waals surface area contributed by atoms with Crippen molar-refractivity contribution in [1.82, 2.24) is 39.8 Å². The first kappa shape index (κ1) is 51.4. The summed E-state index contributed by atoms with van der Waals surface area (Å²) in [6.07, 6.45) is 3.74. The van der Waals surface area contributed by atoms with Gasteiger partial charge < -0.3 is 48.8 Å². The summed E-state index contributed by atoms with van der Waals surface area (Å²) in [6, 6.07) is 15.6. The molecule has 7 heterocycles. The molecule has 2 saturated heterocycles. The number of aromatic nitrogens is 4. The van der Waals surface area contributed by atoms with Crippen molar-refractivity contribution in [3.8, 4) is 29.0 Å². The molecule has 3 amide bonds. The highest BCUT2D eigenvalue weighted by molar-refractivity contribution is 6.32. The van der Waals surface area contributed by atoms with E-state index in [-0.39, 0.29) is 90.5 Å². The fourth-order valence-corrected chi connectivity index (χ4v) is 11.6. The number of aliphatic hydroxyl groups is 1.